The van der Waals surface area contributed by atoms with Crippen LogP contribution >= 0.6 is 15.6 Å². The molecule has 0 aliphatic rings. The third kappa shape index (κ3) is 74.7. The molecule has 0 aromatic heterocycles. The van der Waals surface area contributed by atoms with Crippen LogP contribution < -0.4 is 0 Å². The first-order valence-corrected chi connectivity index (χ1v) is 45.2. The van der Waals surface area contributed by atoms with Crippen molar-refractivity contribution in [3.05, 3.63) is 0 Å². The number of aliphatic hydroxyl groups is 1. The molecule has 0 aromatic carbocycles. The summed E-state index contributed by atoms with van der Waals surface area (Å²) in [6.45, 7) is 14.3. The van der Waals surface area contributed by atoms with Crippen molar-refractivity contribution in [2.24, 2.45) is 23.7 Å². The molecule has 17 nitrogen and oxygen atoms in total. The monoisotopic (exact) mass is 1480 g/mol. The van der Waals surface area contributed by atoms with Crippen LogP contribution in [-0.2, 0) is 65.4 Å². The van der Waals surface area contributed by atoms with Crippen LogP contribution in [0.5, 0.6) is 0 Å². The van der Waals surface area contributed by atoms with Crippen LogP contribution in [0.2, 0.25) is 0 Å². The minimum absolute atomic E-state index is 0.107. The van der Waals surface area contributed by atoms with Gasteiger partial charge in [0.1, 0.15) is 19.3 Å². The number of rotatable bonds is 79. The Bertz CT molecular complexity index is 1970. The Hall–Kier alpha value is -1.94. The molecule has 0 aliphatic heterocycles. The summed E-state index contributed by atoms with van der Waals surface area (Å²) in [6, 6.07) is 0. The molecule has 0 saturated heterocycles. The smallest absolute Gasteiger partial charge is 0.462 e. The molecule has 0 amide bonds. The van der Waals surface area contributed by atoms with Crippen molar-refractivity contribution in [2.45, 2.75) is 440 Å². The van der Waals surface area contributed by atoms with E-state index in [1.54, 1.807) is 0 Å². The Balaban J connectivity index is 5.20. The molecule has 4 unspecified atom stereocenters. The summed E-state index contributed by atoms with van der Waals surface area (Å²) in [6.07, 6.45) is 58.4. The highest BCUT2D eigenvalue weighted by Crippen LogP contribution is 2.45. The Labute approximate surface area is 619 Å². The fourth-order valence-corrected chi connectivity index (χ4v) is 14.2. The molecule has 19 heteroatoms. The van der Waals surface area contributed by atoms with Crippen molar-refractivity contribution in [2.75, 3.05) is 39.6 Å². The topological polar surface area (TPSA) is 237 Å². The van der Waals surface area contributed by atoms with Gasteiger partial charge in [0.2, 0.25) is 0 Å². The Morgan fingerprint density at radius 3 is 0.703 bits per heavy atom. The summed E-state index contributed by atoms with van der Waals surface area (Å²) >= 11 is 0. The number of phosphoric acid groups is 2. The number of hydrogen-bond acceptors (Lipinski definition) is 15. The van der Waals surface area contributed by atoms with Crippen LogP contribution in [-0.4, -0.2) is 96.7 Å². The van der Waals surface area contributed by atoms with Crippen LogP contribution in [0.15, 0.2) is 0 Å². The van der Waals surface area contributed by atoms with Crippen molar-refractivity contribution in [3.63, 3.8) is 0 Å². The van der Waals surface area contributed by atoms with Gasteiger partial charge in [-0.25, -0.2) is 9.13 Å². The van der Waals surface area contributed by atoms with Crippen LogP contribution in [0.1, 0.15) is 421 Å². The lowest BCUT2D eigenvalue weighted by molar-refractivity contribution is -0.161. The first-order valence-electron chi connectivity index (χ1n) is 42.2. The minimum atomic E-state index is -4.96. The van der Waals surface area contributed by atoms with Crippen molar-refractivity contribution < 1.29 is 80.2 Å². The molecule has 101 heavy (non-hydrogen) atoms. The van der Waals surface area contributed by atoms with Crippen molar-refractivity contribution in [1.29, 1.82) is 0 Å². The highest BCUT2D eigenvalue weighted by atomic mass is 31.2. The third-order valence-electron chi connectivity index (χ3n) is 19.4. The SMILES string of the molecule is CCC(C)CCCCCCCCCCC(=O)OC[C@H](COP(=O)(O)OCC(O)COP(=O)(O)OC[C@@H](COC(=O)CCCCCCCCCC(C)C)OC(=O)CCCCCCCCCCCCCCCCCCCCC(C)C)OC(=O)CCCCCCCCCCCCCCCCCC(C)C. The summed E-state index contributed by atoms with van der Waals surface area (Å²) in [5, 5.41) is 10.6. The van der Waals surface area contributed by atoms with Gasteiger partial charge in [-0.3, -0.25) is 37.3 Å². The standard InChI is InChI=1S/C82H160O17P2/c1-9-75(8)61-53-45-37-31-32-38-46-54-62-79(84)92-68-77(98-81(86)64-57-49-40-30-26-22-18-14-16-20-24-28-35-43-51-59-73(4)5)70-96-100(88,89)94-66-76(83)67-95-101(90,91)97-71-78(69-93-80(85)63-55-47-41-33-36-44-52-60-74(6)7)99-82(87)65-56-48-39-29-25-21-17-13-11-10-12-15-19-23-27-34-42-50-58-72(2)3/h72-78,83H,9-71H2,1-8H3,(H,88,89)(H,90,91)/t75?,76?,77-,78-/m1/s1. The number of esters is 4. The molecule has 0 radical (unpaired) electrons. The van der Waals surface area contributed by atoms with E-state index in [0.717, 1.165) is 114 Å². The van der Waals surface area contributed by atoms with Gasteiger partial charge in [-0.05, 0) is 49.4 Å². The van der Waals surface area contributed by atoms with Crippen LogP contribution in [0.25, 0.3) is 0 Å². The molecule has 0 saturated carbocycles. The first-order chi connectivity index (χ1) is 48.6. The molecule has 0 aliphatic carbocycles. The van der Waals surface area contributed by atoms with E-state index in [9.17, 15) is 43.2 Å². The Kier molecular flexibility index (Phi) is 69.6. The van der Waals surface area contributed by atoms with E-state index in [1.807, 2.05) is 0 Å². The van der Waals surface area contributed by atoms with Crippen LogP contribution in [0, 0.1) is 23.7 Å². The largest absolute Gasteiger partial charge is 0.472 e. The number of hydrogen-bond donors (Lipinski definition) is 3. The predicted molar refractivity (Wildman–Crippen MR) is 414 cm³/mol. The Morgan fingerprint density at radius 1 is 0.277 bits per heavy atom. The van der Waals surface area contributed by atoms with Crippen LogP contribution in [0.3, 0.4) is 0 Å². The highest BCUT2D eigenvalue weighted by Gasteiger charge is 2.30. The summed E-state index contributed by atoms with van der Waals surface area (Å²) in [4.78, 5) is 73.0. The normalized spacial score (nSPS) is 14.3. The van der Waals surface area contributed by atoms with E-state index in [2.05, 4.69) is 55.4 Å². The number of carbonyl (C=O) groups is 4. The zero-order chi connectivity index (χ0) is 74.6. The van der Waals surface area contributed by atoms with E-state index >= 15 is 0 Å². The average Bonchev–Trinajstić information content (AvgIpc) is 0.941. The van der Waals surface area contributed by atoms with Gasteiger partial charge in [0.25, 0.3) is 0 Å². The molecule has 0 heterocycles. The predicted octanol–water partition coefficient (Wildman–Crippen LogP) is 24.4. The summed E-state index contributed by atoms with van der Waals surface area (Å²) in [5.41, 5.74) is 0. The fraction of sp³-hybridized carbons (Fsp3) is 0.951. The molecular formula is C82H160O17P2. The average molecular weight is 1480 g/mol. The van der Waals surface area contributed by atoms with E-state index < -0.39 is 97.5 Å². The van der Waals surface area contributed by atoms with Gasteiger partial charge in [0, 0.05) is 25.7 Å². The molecular weight excluding hydrogens is 1320 g/mol. The molecule has 0 spiro atoms. The van der Waals surface area contributed by atoms with Crippen molar-refractivity contribution >= 4 is 39.5 Å². The first kappa shape index (κ1) is 99.1. The summed E-state index contributed by atoms with van der Waals surface area (Å²) in [7, 11) is -9.92. The second-order valence-corrected chi connectivity index (χ2v) is 34.1. The minimum Gasteiger partial charge on any atom is -0.462 e. The van der Waals surface area contributed by atoms with Gasteiger partial charge >= 0.3 is 39.5 Å². The zero-order valence-corrected chi connectivity index (χ0v) is 68.3. The molecule has 0 fully saturated rings. The van der Waals surface area contributed by atoms with Crippen molar-refractivity contribution in [1.82, 2.24) is 0 Å². The third-order valence-corrected chi connectivity index (χ3v) is 21.3. The molecule has 600 valence electrons. The van der Waals surface area contributed by atoms with Crippen LogP contribution in [0.4, 0.5) is 0 Å². The maximum Gasteiger partial charge on any atom is 0.472 e. The highest BCUT2D eigenvalue weighted by molar-refractivity contribution is 7.47. The van der Waals surface area contributed by atoms with Gasteiger partial charge in [-0.2, -0.15) is 0 Å². The lowest BCUT2D eigenvalue weighted by Gasteiger charge is -2.21. The van der Waals surface area contributed by atoms with Gasteiger partial charge in [0.15, 0.2) is 12.2 Å². The quantitative estimate of drug-likeness (QED) is 0.0222. The number of phosphoric ester groups is 2. The lowest BCUT2D eigenvalue weighted by Crippen LogP contribution is -2.30. The van der Waals surface area contributed by atoms with Crippen molar-refractivity contribution in [3.8, 4) is 0 Å². The maximum absolute atomic E-state index is 13.1. The second kappa shape index (κ2) is 71.0. The van der Waals surface area contributed by atoms with E-state index in [0.29, 0.717) is 31.6 Å². The lowest BCUT2D eigenvalue weighted by atomic mass is 9.99. The van der Waals surface area contributed by atoms with E-state index in [1.165, 1.54) is 218 Å². The number of ether oxygens (including phenoxy) is 4. The summed E-state index contributed by atoms with van der Waals surface area (Å²) < 4.78 is 68.7. The Morgan fingerprint density at radius 2 is 0.475 bits per heavy atom. The van der Waals surface area contributed by atoms with E-state index in [-0.39, 0.29) is 25.7 Å². The number of unbranched alkanes of at least 4 members (excludes halogenated alkanes) is 44. The second-order valence-electron chi connectivity index (χ2n) is 31.2. The van der Waals surface area contributed by atoms with Gasteiger partial charge in [-0.15, -0.1) is 0 Å². The number of aliphatic hydroxyl groups excluding tert-OH is 1. The van der Waals surface area contributed by atoms with Gasteiger partial charge in [0.05, 0.1) is 26.4 Å². The molecule has 0 rings (SSSR count). The van der Waals surface area contributed by atoms with Gasteiger partial charge < -0.3 is 33.8 Å². The molecule has 3 N–H and O–H groups in total. The molecule has 0 aromatic rings. The zero-order valence-electron chi connectivity index (χ0n) is 66.5. The van der Waals surface area contributed by atoms with E-state index in [4.69, 9.17) is 37.0 Å². The maximum atomic E-state index is 13.1. The molecule has 6 atom stereocenters. The fourth-order valence-electron chi connectivity index (χ4n) is 12.6. The number of carbonyl (C=O) groups excluding carboxylic acids is 4. The van der Waals surface area contributed by atoms with Gasteiger partial charge in [-0.1, -0.05) is 370 Å². The summed E-state index contributed by atoms with van der Waals surface area (Å²) in [5.74, 6) is 0.991. The molecule has 0 bridgehead atoms.